The lowest BCUT2D eigenvalue weighted by Crippen LogP contribution is -2.17. The Kier molecular flexibility index (Phi) is 4.33. The van der Waals surface area contributed by atoms with Crippen LogP contribution in [-0.2, 0) is 6.54 Å². The number of hydrogen-bond acceptors (Lipinski definition) is 2. The summed E-state index contributed by atoms with van der Waals surface area (Å²) >= 11 is 15.6. The molecule has 1 heterocycles. The van der Waals surface area contributed by atoms with Gasteiger partial charge in [-0.2, -0.15) is 5.10 Å². The molecule has 0 amide bonds. The zero-order chi connectivity index (χ0) is 13.3. The van der Waals surface area contributed by atoms with Gasteiger partial charge in [-0.25, -0.2) is 0 Å². The molecule has 6 heteroatoms. The minimum Gasteiger partial charge on any atom is -0.319 e. The Morgan fingerprint density at radius 2 is 2.11 bits per heavy atom. The molecule has 18 heavy (non-hydrogen) atoms. The van der Waals surface area contributed by atoms with Crippen LogP contribution in [0.15, 0.2) is 28.9 Å². The molecular formula is C12H12BrCl2N3. The molecule has 0 fully saturated rings. The lowest BCUT2D eigenvalue weighted by atomic mass is 10.0. The molecule has 0 saturated heterocycles. The maximum Gasteiger partial charge on any atom is 0.0837 e. The van der Waals surface area contributed by atoms with Gasteiger partial charge in [0.25, 0.3) is 0 Å². The molecule has 0 aliphatic rings. The number of aromatic nitrogens is 2. The van der Waals surface area contributed by atoms with Crippen LogP contribution in [0.2, 0.25) is 10.0 Å². The molecule has 1 unspecified atom stereocenters. The summed E-state index contributed by atoms with van der Waals surface area (Å²) in [5.41, 5.74) is 7.95. The van der Waals surface area contributed by atoms with Gasteiger partial charge in [0.05, 0.1) is 23.0 Å². The number of hydrogen-bond donors (Lipinski definition) is 1. The average Bonchev–Trinajstić information content (AvgIpc) is 2.68. The minimum absolute atomic E-state index is 0.352. The topological polar surface area (TPSA) is 43.8 Å². The molecule has 0 radical (unpaired) electrons. The second kappa shape index (κ2) is 5.61. The van der Waals surface area contributed by atoms with Gasteiger partial charge in [-0.15, -0.1) is 0 Å². The van der Waals surface area contributed by atoms with Crippen molar-refractivity contribution in [3.63, 3.8) is 0 Å². The molecule has 96 valence electrons. The monoisotopic (exact) mass is 347 g/mol. The van der Waals surface area contributed by atoms with Crippen molar-refractivity contribution in [2.45, 2.75) is 19.5 Å². The normalized spacial score (nSPS) is 12.7. The van der Waals surface area contributed by atoms with E-state index in [1.165, 1.54) is 0 Å². The average molecular weight is 349 g/mol. The van der Waals surface area contributed by atoms with Gasteiger partial charge >= 0.3 is 0 Å². The van der Waals surface area contributed by atoms with Crippen molar-refractivity contribution < 1.29 is 0 Å². The van der Waals surface area contributed by atoms with Crippen molar-refractivity contribution in [1.82, 2.24) is 9.78 Å². The van der Waals surface area contributed by atoms with Crippen LogP contribution in [0.5, 0.6) is 0 Å². The predicted molar refractivity (Wildman–Crippen MR) is 78.1 cm³/mol. The summed E-state index contributed by atoms with van der Waals surface area (Å²) in [6.07, 6.45) is 1.61. The minimum atomic E-state index is -0.352. The first-order valence-corrected chi connectivity index (χ1v) is 7.00. The molecule has 0 aliphatic carbocycles. The predicted octanol–water partition coefficient (Wildman–Crippen LogP) is 4.02. The Morgan fingerprint density at radius 3 is 2.72 bits per heavy atom. The van der Waals surface area contributed by atoms with Gasteiger partial charge in [0.2, 0.25) is 0 Å². The third-order valence-electron chi connectivity index (χ3n) is 2.67. The number of halogens is 3. The van der Waals surface area contributed by atoms with Crippen LogP contribution in [0.25, 0.3) is 0 Å². The van der Waals surface area contributed by atoms with Crippen molar-refractivity contribution >= 4 is 39.1 Å². The number of aryl methyl sites for hydroxylation is 1. The summed E-state index contributed by atoms with van der Waals surface area (Å²) < 4.78 is 2.68. The second-order valence-electron chi connectivity index (χ2n) is 3.87. The Labute approximate surface area is 124 Å². The zero-order valence-electron chi connectivity index (χ0n) is 9.70. The Hall–Kier alpha value is -0.550. The van der Waals surface area contributed by atoms with E-state index >= 15 is 0 Å². The standard InChI is InChI=1S/C12H12BrCl2N3/c1-2-18-12(10(15)6-17-18)11(16)7-3-8(13)5-9(14)4-7/h3-6,11H,2,16H2,1H3. The zero-order valence-corrected chi connectivity index (χ0v) is 12.8. The van der Waals surface area contributed by atoms with Crippen molar-refractivity contribution in [2.24, 2.45) is 5.73 Å². The Morgan fingerprint density at radius 1 is 1.39 bits per heavy atom. The molecule has 3 nitrogen and oxygen atoms in total. The number of rotatable bonds is 3. The fraction of sp³-hybridized carbons (Fsp3) is 0.250. The van der Waals surface area contributed by atoms with Crippen molar-refractivity contribution in [2.75, 3.05) is 0 Å². The second-order valence-corrected chi connectivity index (χ2v) is 5.63. The van der Waals surface area contributed by atoms with E-state index < -0.39 is 0 Å². The molecule has 2 rings (SSSR count). The van der Waals surface area contributed by atoms with Gasteiger partial charge in [0.1, 0.15) is 0 Å². The Bertz CT molecular complexity index is 548. The van der Waals surface area contributed by atoms with Crippen LogP contribution in [0, 0.1) is 0 Å². The third kappa shape index (κ3) is 2.72. The van der Waals surface area contributed by atoms with Gasteiger partial charge < -0.3 is 5.73 Å². The quantitative estimate of drug-likeness (QED) is 0.910. The van der Waals surface area contributed by atoms with Crippen LogP contribution >= 0.6 is 39.1 Å². The number of nitrogens with zero attached hydrogens (tertiary/aromatic N) is 2. The van der Waals surface area contributed by atoms with E-state index in [-0.39, 0.29) is 6.04 Å². The highest BCUT2D eigenvalue weighted by Gasteiger charge is 2.18. The fourth-order valence-corrected chi connectivity index (χ4v) is 2.99. The molecule has 0 bridgehead atoms. The first-order valence-electron chi connectivity index (χ1n) is 5.45. The first-order chi connectivity index (χ1) is 8.52. The lowest BCUT2D eigenvalue weighted by Gasteiger charge is -2.15. The Balaban J connectivity index is 2.47. The molecule has 0 aliphatic heterocycles. The van der Waals surface area contributed by atoms with Gasteiger partial charge in [-0.05, 0) is 30.7 Å². The van der Waals surface area contributed by atoms with Crippen LogP contribution in [0.1, 0.15) is 24.2 Å². The van der Waals surface area contributed by atoms with Crippen LogP contribution in [0.3, 0.4) is 0 Å². The third-order valence-corrected chi connectivity index (χ3v) is 3.64. The summed E-state index contributed by atoms with van der Waals surface area (Å²) in [6, 6.07) is 5.23. The molecule has 1 aromatic heterocycles. The maximum atomic E-state index is 6.25. The van der Waals surface area contributed by atoms with E-state index in [2.05, 4.69) is 21.0 Å². The van der Waals surface area contributed by atoms with Crippen molar-refractivity contribution in [3.05, 3.63) is 50.2 Å². The van der Waals surface area contributed by atoms with Crippen molar-refractivity contribution in [1.29, 1.82) is 0 Å². The van der Waals surface area contributed by atoms with Crippen LogP contribution in [0.4, 0.5) is 0 Å². The molecular weight excluding hydrogens is 337 g/mol. The summed E-state index contributed by atoms with van der Waals surface area (Å²) in [4.78, 5) is 0. The summed E-state index contributed by atoms with van der Waals surface area (Å²) in [7, 11) is 0. The van der Waals surface area contributed by atoms with E-state index in [9.17, 15) is 0 Å². The smallest absolute Gasteiger partial charge is 0.0837 e. The first kappa shape index (κ1) is 13.9. The summed E-state index contributed by atoms with van der Waals surface area (Å²) in [6.45, 7) is 2.71. The van der Waals surface area contributed by atoms with E-state index in [4.69, 9.17) is 28.9 Å². The fourth-order valence-electron chi connectivity index (χ4n) is 1.85. The molecule has 0 saturated carbocycles. The van der Waals surface area contributed by atoms with E-state index in [1.807, 2.05) is 25.1 Å². The molecule has 1 aromatic carbocycles. The number of nitrogens with two attached hydrogens (primary N) is 1. The molecule has 1 atom stereocenters. The maximum absolute atomic E-state index is 6.25. The van der Waals surface area contributed by atoms with E-state index in [0.717, 1.165) is 22.3 Å². The van der Waals surface area contributed by atoms with Crippen LogP contribution in [-0.4, -0.2) is 9.78 Å². The highest BCUT2D eigenvalue weighted by molar-refractivity contribution is 9.10. The largest absolute Gasteiger partial charge is 0.319 e. The summed E-state index contributed by atoms with van der Waals surface area (Å²) in [5.74, 6) is 0. The van der Waals surface area contributed by atoms with E-state index in [1.54, 1.807) is 10.9 Å². The highest BCUT2D eigenvalue weighted by atomic mass is 79.9. The van der Waals surface area contributed by atoms with Crippen LogP contribution < -0.4 is 5.73 Å². The number of benzene rings is 1. The SMILES string of the molecule is CCn1ncc(Cl)c1C(N)c1cc(Cl)cc(Br)c1. The highest BCUT2D eigenvalue weighted by Crippen LogP contribution is 2.30. The van der Waals surface area contributed by atoms with Gasteiger partial charge in [-0.1, -0.05) is 39.1 Å². The van der Waals surface area contributed by atoms with Gasteiger partial charge in [0, 0.05) is 16.0 Å². The van der Waals surface area contributed by atoms with Gasteiger partial charge in [0.15, 0.2) is 0 Å². The van der Waals surface area contributed by atoms with Gasteiger partial charge in [-0.3, -0.25) is 4.68 Å². The summed E-state index contributed by atoms with van der Waals surface area (Å²) in [5, 5.41) is 5.39. The molecule has 2 N–H and O–H groups in total. The van der Waals surface area contributed by atoms with E-state index in [0.29, 0.717) is 10.0 Å². The van der Waals surface area contributed by atoms with Crippen molar-refractivity contribution in [3.8, 4) is 0 Å². The molecule has 0 spiro atoms. The molecule has 2 aromatic rings. The lowest BCUT2D eigenvalue weighted by molar-refractivity contribution is 0.601.